The van der Waals surface area contributed by atoms with Crippen LogP contribution in [0, 0.1) is 0 Å². The first kappa shape index (κ1) is 11.5. The number of pyridine rings is 1. The fraction of sp³-hybridized carbons (Fsp3) is 0.214. The maximum atomic E-state index is 5.76. The Morgan fingerprint density at radius 2 is 2.06 bits per heavy atom. The molecule has 18 heavy (non-hydrogen) atoms. The second kappa shape index (κ2) is 4.98. The van der Waals surface area contributed by atoms with Crippen molar-refractivity contribution in [2.24, 2.45) is 0 Å². The topological polar surface area (TPSA) is 25.4 Å². The van der Waals surface area contributed by atoms with E-state index in [4.69, 9.17) is 4.74 Å². The molecule has 92 valence electrons. The van der Waals surface area contributed by atoms with Gasteiger partial charge < -0.3 is 9.64 Å². The molecule has 0 saturated heterocycles. The Morgan fingerprint density at radius 3 is 2.94 bits per heavy atom. The summed E-state index contributed by atoms with van der Waals surface area (Å²) < 4.78 is 6.77. The molecule has 1 aliphatic heterocycles. The third-order valence-corrected chi connectivity index (χ3v) is 3.61. The summed E-state index contributed by atoms with van der Waals surface area (Å²) >= 11 is 3.55. The molecule has 0 atom stereocenters. The molecule has 1 aliphatic rings. The molecule has 0 spiro atoms. The van der Waals surface area contributed by atoms with Crippen molar-refractivity contribution in [1.82, 2.24) is 4.98 Å². The van der Waals surface area contributed by atoms with Gasteiger partial charge in [-0.1, -0.05) is 18.2 Å². The highest BCUT2D eigenvalue weighted by atomic mass is 79.9. The molecule has 3 nitrogen and oxygen atoms in total. The molecular formula is C14H13BrN2O. The van der Waals surface area contributed by atoms with Crippen LogP contribution >= 0.6 is 15.9 Å². The summed E-state index contributed by atoms with van der Waals surface area (Å²) in [5.41, 5.74) is 1.20. The number of halogens is 1. The highest BCUT2D eigenvalue weighted by Gasteiger charge is 2.17. The van der Waals surface area contributed by atoms with E-state index < -0.39 is 0 Å². The van der Waals surface area contributed by atoms with Gasteiger partial charge in [0, 0.05) is 18.3 Å². The molecule has 3 rings (SSSR count). The van der Waals surface area contributed by atoms with Gasteiger partial charge in [0.25, 0.3) is 0 Å². The number of nitrogens with zero attached hydrogens (tertiary/aromatic N) is 2. The molecular weight excluding hydrogens is 292 g/mol. The molecule has 0 fully saturated rings. The van der Waals surface area contributed by atoms with Gasteiger partial charge in [0.1, 0.15) is 18.2 Å². The zero-order valence-corrected chi connectivity index (χ0v) is 11.4. The summed E-state index contributed by atoms with van der Waals surface area (Å²) in [5, 5.41) is 0. The lowest BCUT2D eigenvalue weighted by Gasteiger charge is -2.21. The molecule has 0 amide bonds. The highest BCUT2D eigenvalue weighted by Crippen LogP contribution is 2.28. The molecule has 0 unspecified atom stereocenters. The number of rotatable bonds is 1. The minimum atomic E-state index is 0.681. The van der Waals surface area contributed by atoms with Crippen LogP contribution in [0.4, 0.5) is 5.82 Å². The highest BCUT2D eigenvalue weighted by molar-refractivity contribution is 9.10. The van der Waals surface area contributed by atoms with Crippen molar-refractivity contribution in [3.8, 4) is 5.75 Å². The third-order valence-electron chi connectivity index (χ3n) is 2.99. The first-order chi connectivity index (χ1) is 8.84. The second-order valence-electron chi connectivity index (χ2n) is 4.19. The van der Waals surface area contributed by atoms with Crippen molar-refractivity contribution < 1.29 is 4.74 Å². The summed E-state index contributed by atoms with van der Waals surface area (Å²) in [6.45, 7) is 2.34. The van der Waals surface area contributed by atoms with Gasteiger partial charge in [-0.3, -0.25) is 0 Å². The average Bonchev–Trinajstić information content (AvgIpc) is 2.61. The zero-order valence-electron chi connectivity index (χ0n) is 9.84. The molecule has 0 saturated carbocycles. The van der Waals surface area contributed by atoms with Crippen LogP contribution in [-0.4, -0.2) is 18.1 Å². The first-order valence-electron chi connectivity index (χ1n) is 5.91. The molecule has 0 aliphatic carbocycles. The minimum absolute atomic E-state index is 0.681. The maximum absolute atomic E-state index is 5.76. The Labute approximate surface area is 115 Å². The van der Waals surface area contributed by atoms with Crippen LogP contribution in [0.25, 0.3) is 0 Å². The number of anilines is 1. The molecule has 2 heterocycles. The standard InChI is InChI=1S/C14H13BrN2O/c15-12-5-3-7-16-14(12)17-8-9-18-13-6-2-1-4-11(13)10-17/h1-7H,8-10H2. The second-order valence-corrected chi connectivity index (χ2v) is 5.04. The average molecular weight is 305 g/mol. The van der Waals surface area contributed by atoms with E-state index in [9.17, 15) is 0 Å². The van der Waals surface area contributed by atoms with Crippen LogP contribution in [0.2, 0.25) is 0 Å². The number of aromatic nitrogens is 1. The van der Waals surface area contributed by atoms with Gasteiger partial charge in [-0.25, -0.2) is 4.98 Å². The summed E-state index contributed by atoms with van der Waals surface area (Å²) in [7, 11) is 0. The van der Waals surface area contributed by atoms with Gasteiger partial charge >= 0.3 is 0 Å². The monoisotopic (exact) mass is 304 g/mol. The van der Waals surface area contributed by atoms with E-state index in [1.807, 2.05) is 36.5 Å². The Bertz CT molecular complexity index is 559. The van der Waals surface area contributed by atoms with Gasteiger partial charge in [-0.2, -0.15) is 0 Å². The largest absolute Gasteiger partial charge is 0.491 e. The van der Waals surface area contributed by atoms with E-state index >= 15 is 0 Å². The zero-order chi connectivity index (χ0) is 12.4. The Kier molecular flexibility index (Phi) is 3.19. The van der Waals surface area contributed by atoms with E-state index in [-0.39, 0.29) is 0 Å². The SMILES string of the molecule is Brc1cccnc1N1CCOc2ccccc2C1. The van der Waals surface area contributed by atoms with Crippen LogP contribution in [0.3, 0.4) is 0 Å². The Balaban J connectivity index is 1.94. The molecule has 0 bridgehead atoms. The van der Waals surface area contributed by atoms with Gasteiger partial charge in [0.2, 0.25) is 0 Å². The van der Waals surface area contributed by atoms with Crippen LogP contribution < -0.4 is 9.64 Å². The van der Waals surface area contributed by atoms with Crippen molar-refractivity contribution in [2.75, 3.05) is 18.1 Å². The quantitative estimate of drug-likeness (QED) is 0.809. The smallest absolute Gasteiger partial charge is 0.143 e. The number of fused-ring (bicyclic) bond motifs is 1. The van der Waals surface area contributed by atoms with Gasteiger partial charge in [-0.05, 0) is 34.1 Å². The van der Waals surface area contributed by atoms with Gasteiger partial charge in [0.05, 0.1) is 11.0 Å². The summed E-state index contributed by atoms with van der Waals surface area (Å²) in [4.78, 5) is 6.67. The fourth-order valence-electron chi connectivity index (χ4n) is 2.12. The lowest BCUT2D eigenvalue weighted by molar-refractivity contribution is 0.331. The molecule has 0 radical (unpaired) electrons. The number of para-hydroxylation sites is 1. The Morgan fingerprint density at radius 1 is 1.17 bits per heavy atom. The van der Waals surface area contributed by atoms with Crippen LogP contribution in [0.5, 0.6) is 5.75 Å². The van der Waals surface area contributed by atoms with Gasteiger partial charge in [-0.15, -0.1) is 0 Å². The maximum Gasteiger partial charge on any atom is 0.143 e. The molecule has 1 aromatic carbocycles. The van der Waals surface area contributed by atoms with Crippen LogP contribution in [0.1, 0.15) is 5.56 Å². The van der Waals surface area contributed by atoms with Gasteiger partial charge in [0.15, 0.2) is 0 Å². The lowest BCUT2D eigenvalue weighted by atomic mass is 10.2. The number of benzene rings is 1. The van der Waals surface area contributed by atoms with Crippen LogP contribution in [0.15, 0.2) is 47.1 Å². The summed E-state index contributed by atoms with van der Waals surface area (Å²) in [5.74, 6) is 1.95. The van der Waals surface area contributed by atoms with E-state index in [0.717, 1.165) is 29.1 Å². The van der Waals surface area contributed by atoms with Crippen molar-refractivity contribution in [2.45, 2.75) is 6.54 Å². The summed E-state index contributed by atoms with van der Waals surface area (Å²) in [6, 6.07) is 12.1. The van der Waals surface area contributed by atoms with E-state index in [0.29, 0.717) is 6.61 Å². The molecule has 0 N–H and O–H groups in total. The molecule has 4 heteroatoms. The van der Waals surface area contributed by atoms with E-state index in [1.165, 1.54) is 5.56 Å². The van der Waals surface area contributed by atoms with Crippen molar-refractivity contribution >= 4 is 21.7 Å². The van der Waals surface area contributed by atoms with Crippen LogP contribution in [-0.2, 0) is 6.54 Å². The van der Waals surface area contributed by atoms with E-state index in [2.05, 4.69) is 31.9 Å². The minimum Gasteiger partial charge on any atom is -0.491 e. The third kappa shape index (κ3) is 2.20. The predicted molar refractivity (Wildman–Crippen MR) is 74.9 cm³/mol. The van der Waals surface area contributed by atoms with Crippen molar-refractivity contribution in [3.63, 3.8) is 0 Å². The number of hydrogen-bond acceptors (Lipinski definition) is 3. The fourth-order valence-corrected chi connectivity index (χ4v) is 2.62. The molecule has 2 aromatic rings. The first-order valence-corrected chi connectivity index (χ1v) is 6.70. The molecule has 1 aromatic heterocycles. The Hall–Kier alpha value is -1.55. The van der Waals surface area contributed by atoms with E-state index in [1.54, 1.807) is 0 Å². The lowest BCUT2D eigenvalue weighted by Crippen LogP contribution is -2.26. The number of ether oxygens (including phenoxy) is 1. The summed E-state index contributed by atoms with van der Waals surface area (Å²) in [6.07, 6.45) is 1.82. The number of hydrogen-bond donors (Lipinski definition) is 0. The predicted octanol–water partition coefficient (Wildman–Crippen LogP) is 3.24. The normalized spacial score (nSPS) is 14.6. The van der Waals surface area contributed by atoms with Crippen molar-refractivity contribution in [1.29, 1.82) is 0 Å². The van der Waals surface area contributed by atoms with Crippen molar-refractivity contribution in [3.05, 3.63) is 52.6 Å².